The van der Waals surface area contributed by atoms with Crippen molar-refractivity contribution in [3.8, 4) is 0 Å². The number of rotatable bonds is 0. The molecule has 0 saturated carbocycles. The molecule has 0 unspecified atom stereocenters. The van der Waals surface area contributed by atoms with Crippen LogP contribution in [0.1, 0.15) is 6.92 Å². The van der Waals surface area contributed by atoms with Crippen LogP contribution in [0.3, 0.4) is 0 Å². The average molecular weight is 329 g/mol. The molecule has 0 spiro atoms. The molecular weight excluding hydrogens is 323 g/mol. The van der Waals surface area contributed by atoms with Crippen molar-refractivity contribution in [3.63, 3.8) is 0 Å². The molecule has 0 heterocycles. The molecule has 0 aliphatic carbocycles. The van der Waals surface area contributed by atoms with Crippen molar-refractivity contribution < 1.29 is 66.4 Å². The first-order valence-electron chi connectivity index (χ1n) is 2.36. The average Bonchev–Trinajstić information content (AvgIpc) is 1.52. The van der Waals surface area contributed by atoms with Crippen molar-refractivity contribution in [2.75, 3.05) is 6.61 Å². The van der Waals surface area contributed by atoms with E-state index in [9.17, 15) is 0 Å². The molecule has 0 atom stereocenters. The van der Waals surface area contributed by atoms with E-state index >= 15 is 0 Å². The number of aliphatic hydroxyl groups excluding tert-OH is 1. The summed E-state index contributed by atoms with van der Waals surface area (Å²) in [6.45, 7) is 1.93. The predicted molar refractivity (Wildman–Crippen MR) is 33.7 cm³/mol. The van der Waals surface area contributed by atoms with Gasteiger partial charge in [0.1, 0.15) is 0 Å². The summed E-state index contributed by atoms with van der Waals surface area (Å²) in [5.41, 5.74) is 0. The fourth-order valence-electron chi connectivity index (χ4n) is 0. The van der Waals surface area contributed by atoms with Gasteiger partial charge >= 0.3 is 26.2 Å². The van der Waals surface area contributed by atoms with Crippen molar-refractivity contribution in [3.05, 3.63) is 0 Å². The molecule has 14 heavy (non-hydrogen) atoms. The van der Waals surface area contributed by atoms with E-state index in [0.717, 1.165) is 0 Å². The van der Waals surface area contributed by atoms with Crippen molar-refractivity contribution in [1.29, 1.82) is 0 Å². The Bertz CT molecular complexity index is 230. The maximum absolute atomic E-state index is 8.52. The van der Waals surface area contributed by atoms with Crippen molar-refractivity contribution in [2.45, 2.75) is 6.92 Å². The van der Waals surface area contributed by atoms with Crippen molar-refractivity contribution >= 4 is 20.8 Å². The van der Waals surface area contributed by atoms with Crippen LogP contribution in [-0.4, -0.2) is 46.8 Å². The van der Waals surface area contributed by atoms with Gasteiger partial charge < -0.3 is 23.3 Å². The van der Waals surface area contributed by atoms with E-state index in [-0.39, 0.29) is 32.8 Å². The minimum atomic E-state index is -5.17. The van der Waals surface area contributed by atoms with Crippen LogP contribution in [0.2, 0.25) is 0 Å². The monoisotopic (exact) mass is 328 g/mol. The minimum Gasteiger partial charge on any atom is -0.759 e. The van der Waals surface area contributed by atoms with Crippen LogP contribution in [0.4, 0.5) is 0 Å². The molecule has 0 aliphatic heterocycles. The summed E-state index contributed by atoms with van der Waals surface area (Å²) >= 11 is 0. The Kier molecular flexibility index (Phi) is 20.0. The first-order chi connectivity index (χ1) is 5.41. The zero-order valence-electron chi connectivity index (χ0n) is 6.74. The second-order valence-corrected chi connectivity index (χ2v) is 2.77. The molecule has 0 aromatic heterocycles. The van der Waals surface area contributed by atoms with Crippen LogP contribution in [0.25, 0.3) is 0 Å². The molecule has 0 aromatic carbocycles. The van der Waals surface area contributed by atoms with E-state index in [0.29, 0.717) is 0 Å². The van der Waals surface area contributed by atoms with Crippen LogP contribution in [0, 0.1) is 0 Å². The molecule has 0 aliphatic rings. The standard InChI is InChI=1S/C2H6O.2H2O4S.Zr/c1-2-3;2*1-5(2,3)4;/h3H,2H2,1H3;2*(H2,1,2,3,4);/q;;;+4/p-4. The molecule has 0 radical (unpaired) electrons. The maximum Gasteiger partial charge on any atom is 4.00 e. The topological polar surface area (TPSA) is 181 Å². The number of hydrogen-bond acceptors (Lipinski definition) is 9. The van der Waals surface area contributed by atoms with E-state index in [1.807, 2.05) is 0 Å². The molecular formula is C2H6O9S2Zr. The van der Waals surface area contributed by atoms with Gasteiger partial charge in [-0.05, 0) is 6.92 Å². The summed E-state index contributed by atoms with van der Waals surface area (Å²) in [5.74, 6) is 0. The molecule has 0 amide bonds. The molecule has 9 nitrogen and oxygen atoms in total. The minimum absolute atomic E-state index is 0. The first kappa shape index (κ1) is 24.0. The number of aliphatic hydroxyl groups is 1. The van der Waals surface area contributed by atoms with Gasteiger partial charge in [-0.15, -0.1) is 0 Å². The summed E-state index contributed by atoms with van der Waals surface area (Å²) < 4.78 is 68.2. The molecule has 0 rings (SSSR count). The van der Waals surface area contributed by atoms with Crippen molar-refractivity contribution in [1.82, 2.24) is 0 Å². The van der Waals surface area contributed by atoms with Gasteiger partial charge in [-0.3, -0.25) is 16.8 Å². The molecule has 0 aromatic rings. The van der Waals surface area contributed by atoms with Gasteiger partial charge in [0.2, 0.25) is 0 Å². The van der Waals surface area contributed by atoms with Crippen LogP contribution in [0.15, 0.2) is 0 Å². The van der Waals surface area contributed by atoms with Gasteiger partial charge in [0.25, 0.3) is 0 Å². The third kappa shape index (κ3) is 4970. The molecule has 84 valence electrons. The molecule has 0 saturated heterocycles. The van der Waals surface area contributed by atoms with Gasteiger partial charge in [-0.2, -0.15) is 0 Å². The predicted octanol–water partition coefficient (Wildman–Crippen LogP) is -2.68. The maximum atomic E-state index is 8.52. The zero-order chi connectivity index (χ0) is 11.7. The second kappa shape index (κ2) is 11.7. The van der Waals surface area contributed by atoms with E-state index in [2.05, 4.69) is 0 Å². The van der Waals surface area contributed by atoms with Gasteiger partial charge in [-0.25, -0.2) is 0 Å². The van der Waals surface area contributed by atoms with E-state index in [1.54, 1.807) is 6.92 Å². The second-order valence-electron chi connectivity index (χ2n) is 1.13. The Morgan fingerprint density at radius 1 is 0.929 bits per heavy atom. The molecule has 0 fully saturated rings. The first-order valence-corrected chi connectivity index (χ1v) is 5.02. The van der Waals surface area contributed by atoms with Crippen LogP contribution < -0.4 is 0 Å². The van der Waals surface area contributed by atoms with Crippen molar-refractivity contribution in [2.24, 2.45) is 0 Å². The molecule has 1 N–H and O–H groups in total. The fourth-order valence-corrected chi connectivity index (χ4v) is 0. The number of hydrogen-bond donors (Lipinski definition) is 1. The smallest absolute Gasteiger partial charge is 0.759 e. The summed E-state index contributed by atoms with van der Waals surface area (Å²) in [6, 6.07) is 0. The Morgan fingerprint density at radius 2 is 0.929 bits per heavy atom. The quantitative estimate of drug-likeness (QED) is 0.365. The van der Waals surface area contributed by atoms with Crippen LogP contribution in [-0.2, 0) is 47.0 Å². The van der Waals surface area contributed by atoms with Crippen LogP contribution >= 0.6 is 0 Å². The van der Waals surface area contributed by atoms with Gasteiger partial charge in [0, 0.05) is 27.4 Å². The summed E-state index contributed by atoms with van der Waals surface area (Å²) in [7, 11) is -10.3. The largest absolute Gasteiger partial charge is 4.00 e. The van der Waals surface area contributed by atoms with Crippen LogP contribution in [0.5, 0.6) is 0 Å². The SMILES string of the molecule is CCO.O=S(=O)([O-])[O-].O=S(=O)([O-])[O-].[Zr+4]. The summed E-state index contributed by atoms with van der Waals surface area (Å²) in [5, 5.41) is 7.57. The third-order valence-corrected chi connectivity index (χ3v) is 0. The van der Waals surface area contributed by atoms with Gasteiger partial charge in [-0.1, -0.05) is 0 Å². The van der Waals surface area contributed by atoms with E-state index < -0.39 is 20.8 Å². The Morgan fingerprint density at radius 3 is 0.929 bits per heavy atom. The Hall–Kier alpha value is 0.583. The fraction of sp³-hybridized carbons (Fsp3) is 1.00. The molecule has 0 bridgehead atoms. The van der Waals surface area contributed by atoms with Gasteiger partial charge in [0.15, 0.2) is 0 Å². The Balaban J connectivity index is -0.0000000535. The normalized spacial score (nSPS) is 9.57. The van der Waals surface area contributed by atoms with E-state index in [4.69, 9.17) is 40.2 Å². The molecule has 12 heteroatoms. The zero-order valence-corrected chi connectivity index (χ0v) is 10.8. The summed E-state index contributed by atoms with van der Waals surface area (Å²) in [6.07, 6.45) is 0. The summed E-state index contributed by atoms with van der Waals surface area (Å²) in [4.78, 5) is 0. The third-order valence-electron chi connectivity index (χ3n) is 0. The van der Waals surface area contributed by atoms with Gasteiger partial charge in [0.05, 0.1) is 0 Å². The Labute approximate surface area is 100 Å². The van der Waals surface area contributed by atoms with E-state index in [1.165, 1.54) is 0 Å².